The van der Waals surface area contributed by atoms with E-state index in [1.165, 1.54) is 24.5 Å². The summed E-state index contributed by atoms with van der Waals surface area (Å²) in [4.78, 5) is 16.8. The molecule has 0 bridgehead atoms. The predicted octanol–water partition coefficient (Wildman–Crippen LogP) is 3.45. The van der Waals surface area contributed by atoms with E-state index in [4.69, 9.17) is 13.7 Å². The average Bonchev–Trinajstić information content (AvgIpc) is 3.14. The fourth-order valence-electron chi connectivity index (χ4n) is 2.50. The molecule has 2 heterocycles. The quantitative estimate of drug-likeness (QED) is 0.508. The Hall–Kier alpha value is -2.50. The summed E-state index contributed by atoms with van der Waals surface area (Å²) in [6.07, 6.45) is 2.25. The minimum atomic E-state index is -3.70. The maximum Gasteiger partial charge on any atom is 0.340 e. The minimum Gasteiger partial charge on any atom is -0.461 e. The molecule has 29 heavy (non-hydrogen) atoms. The van der Waals surface area contributed by atoms with Crippen molar-refractivity contribution in [1.82, 2.24) is 14.9 Å². The number of carbonyl (C=O) groups excluding carboxylic acids is 1. The molecule has 0 saturated heterocycles. The van der Waals surface area contributed by atoms with Gasteiger partial charge in [-0.2, -0.15) is 4.98 Å². The number of hydrogen-bond acceptors (Lipinski definition) is 8. The molecule has 1 aromatic carbocycles. The molecule has 1 fully saturated rings. The Bertz CT molecular complexity index is 1140. The minimum absolute atomic E-state index is 0.00917. The molecular weight excluding hydrogens is 466 g/mol. The zero-order valence-electron chi connectivity index (χ0n) is 15.2. The Morgan fingerprint density at radius 2 is 2.14 bits per heavy atom. The van der Waals surface area contributed by atoms with Crippen molar-refractivity contribution in [2.45, 2.75) is 36.8 Å². The fraction of sp³-hybridized carbons (Fsp3) is 0.278. The first-order chi connectivity index (χ1) is 13.8. The number of furan rings is 1. The van der Waals surface area contributed by atoms with Gasteiger partial charge in [0.1, 0.15) is 0 Å². The molecule has 9 nitrogen and oxygen atoms in total. The van der Waals surface area contributed by atoms with Crippen molar-refractivity contribution in [3.63, 3.8) is 0 Å². The molecule has 2 aromatic heterocycles. The van der Waals surface area contributed by atoms with Crippen molar-refractivity contribution < 1.29 is 26.9 Å². The van der Waals surface area contributed by atoms with Gasteiger partial charge in [0.15, 0.2) is 11.9 Å². The van der Waals surface area contributed by atoms with Crippen LogP contribution in [0.15, 0.2) is 54.9 Å². The third kappa shape index (κ3) is 4.41. The Morgan fingerprint density at radius 1 is 1.34 bits per heavy atom. The molecule has 0 radical (unpaired) electrons. The van der Waals surface area contributed by atoms with Crippen molar-refractivity contribution >= 4 is 31.9 Å². The van der Waals surface area contributed by atoms with Crippen LogP contribution in [-0.2, 0) is 14.8 Å². The lowest BCUT2D eigenvalue weighted by Crippen LogP contribution is -2.26. The van der Waals surface area contributed by atoms with Crippen LogP contribution in [0.3, 0.4) is 0 Å². The monoisotopic (exact) mass is 481 g/mol. The average molecular weight is 482 g/mol. The highest BCUT2D eigenvalue weighted by atomic mass is 79.9. The topological polar surface area (TPSA) is 125 Å². The van der Waals surface area contributed by atoms with Gasteiger partial charge in [-0.1, -0.05) is 5.16 Å². The number of ether oxygens (including phenoxy) is 1. The number of nitrogens with zero attached hydrogens (tertiary/aromatic N) is 2. The predicted molar refractivity (Wildman–Crippen MR) is 103 cm³/mol. The number of aromatic nitrogens is 2. The van der Waals surface area contributed by atoms with Crippen molar-refractivity contribution in [3.05, 3.63) is 52.5 Å². The first-order valence-electron chi connectivity index (χ1n) is 8.74. The van der Waals surface area contributed by atoms with E-state index in [9.17, 15) is 13.2 Å². The van der Waals surface area contributed by atoms with Gasteiger partial charge < -0.3 is 13.7 Å². The van der Waals surface area contributed by atoms with Gasteiger partial charge in [-0.05, 0) is 66.0 Å². The highest BCUT2D eigenvalue weighted by Crippen LogP contribution is 2.27. The lowest BCUT2D eigenvalue weighted by atomic mass is 10.2. The second-order valence-corrected chi connectivity index (χ2v) is 9.09. The molecular formula is C18H16BrN3O6S. The summed E-state index contributed by atoms with van der Waals surface area (Å²) in [5.74, 6) is 0.00121. The van der Waals surface area contributed by atoms with Crippen LogP contribution in [0.1, 0.15) is 42.1 Å². The Labute approximate surface area is 174 Å². The van der Waals surface area contributed by atoms with Crippen LogP contribution in [0.2, 0.25) is 0 Å². The maximum absolute atomic E-state index is 12.6. The van der Waals surface area contributed by atoms with Crippen molar-refractivity contribution in [2.24, 2.45) is 0 Å². The number of rotatable bonds is 7. The van der Waals surface area contributed by atoms with Gasteiger partial charge in [0.25, 0.3) is 5.89 Å². The molecule has 152 valence electrons. The van der Waals surface area contributed by atoms with Gasteiger partial charge in [-0.3, -0.25) is 0 Å². The number of benzene rings is 1. The van der Waals surface area contributed by atoms with Crippen molar-refractivity contribution in [3.8, 4) is 11.6 Å². The number of hydrogen-bond donors (Lipinski definition) is 1. The van der Waals surface area contributed by atoms with E-state index in [2.05, 4.69) is 30.8 Å². The lowest BCUT2D eigenvalue weighted by molar-refractivity contribution is 0.0264. The lowest BCUT2D eigenvalue weighted by Gasteiger charge is -2.12. The highest BCUT2D eigenvalue weighted by molar-refractivity contribution is 9.10. The van der Waals surface area contributed by atoms with Crippen LogP contribution in [-0.4, -0.2) is 30.6 Å². The molecule has 1 N–H and O–H groups in total. The SMILES string of the molecule is C[C@H](OC(=O)c1cc(S(=O)(=O)NC2CC2)ccc1Br)c1nc(-c2ccco2)no1. The van der Waals surface area contributed by atoms with Crippen molar-refractivity contribution in [2.75, 3.05) is 0 Å². The molecule has 0 unspecified atom stereocenters. The number of halogens is 1. The molecule has 1 saturated carbocycles. The Kier molecular flexibility index (Phi) is 5.28. The smallest absolute Gasteiger partial charge is 0.340 e. The van der Waals surface area contributed by atoms with E-state index in [1.807, 2.05) is 0 Å². The molecule has 0 amide bonds. The fourth-order valence-corrected chi connectivity index (χ4v) is 4.24. The van der Waals surface area contributed by atoms with E-state index in [0.717, 1.165) is 12.8 Å². The summed E-state index contributed by atoms with van der Waals surface area (Å²) in [6, 6.07) is 7.49. The van der Waals surface area contributed by atoms with Crippen LogP contribution in [0.4, 0.5) is 0 Å². The largest absolute Gasteiger partial charge is 0.461 e. The van der Waals surface area contributed by atoms with E-state index < -0.39 is 22.1 Å². The van der Waals surface area contributed by atoms with Gasteiger partial charge in [0.2, 0.25) is 15.8 Å². The zero-order chi connectivity index (χ0) is 20.6. The second-order valence-electron chi connectivity index (χ2n) is 6.52. The molecule has 3 aromatic rings. The number of nitrogens with one attached hydrogen (secondary N) is 1. The van der Waals surface area contributed by atoms with Crippen LogP contribution in [0.25, 0.3) is 11.6 Å². The Morgan fingerprint density at radius 3 is 2.83 bits per heavy atom. The van der Waals surface area contributed by atoms with Gasteiger partial charge in [-0.15, -0.1) is 0 Å². The molecule has 0 aliphatic heterocycles. The van der Waals surface area contributed by atoms with Crippen LogP contribution in [0.5, 0.6) is 0 Å². The summed E-state index contributed by atoms with van der Waals surface area (Å²) < 4.78 is 43.5. The van der Waals surface area contributed by atoms with E-state index in [-0.39, 0.29) is 28.2 Å². The van der Waals surface area contributed by atoms with Crippen molar-refractivity contribution in [1.29, 1.82) is 0 Å². The van der Waals surface area contributed by atoms with Gasteiger partial charge >= 0.3 is 5.97 Å². The second kappa shape index (κ2) is 7.73. The summed E-state index contributed by atoms with van der Waals surface area (Å²) in [5.41, 5.74) is 0.0706. The molecule has 0 spiro atoms. The summed E-state index contributed by atoms with van der Waals surface area (Å²) >= 11 is 3.26. The highest BCUT2D eigenvalue weighted by Gasteiger charge is 2.29. The van der Waals surface area contributed by atoms with Crippen LogP contribution >= 0.6 is 15.9 Å². The van der Waals surface area contributed by atoms with E-state index in [0.29, 0.717) is 10.2 Å². The number of carbonyl (C=O) groups is 1. The summed E-state index contributed by atoms with van der Waals surface area (Å²) in [6.45, 7) is 1.57. The normalized spacial score (nSPS) is 15.2. The van der Waals surface area contributed by atoms with Gasteiger partial charge in [0, 0.05) is 10.5 Å². The van der Waals surface area contributed by atoms with Crippen LogP contribution in [0, 0.1) is 0 Å². The number of esters is 1. The summed E-state index contributed by atoms with van der Waals surface area (Å²) in [5, 5.41) is 3.79. The van der Waals surface area contributed by atoms with Gasteiger partial charge in [-0.25, -0.2) is 17.9 Å². The molecule has 1 aliphatic carbocycles. The molecule has 1 atom stereocenters. The first-order valence-corrected chi connectivity index (χ1v) is 11.0. The molecule has 4 rings (SSSR count). The zero-order valence-corrected chi connectivity index (χ0v) is 17.6. The molecule has 1 aliphatic rings. The third-order valence-corrected chi connectivity index (χ3v) is 6.39. The standard InChI is InChI=1S/C18H16BrN3O6S/c1-10(17-20-16(21-28-17)15-3-2-8-26-15)27-18(23)13-9-12(6-7-14(13)19)29(24,25)22-11-4-5-11/h2-3,6-11,22H,4-5H2,1H3/t10-/m0/s1. The summed E-state index contributed by atoms with van der Waals surface area (Å²) in [7, 11) is -3.70. The van der Waals surface area contributed by atoms with Gasteiger partial charge in [0.05, 0.1) is 16.7 Å². The maximum atomic E-state index is 12.6. The first kappa shape index (κ1) is 19.8. The van der Waals surface area contributed by atoms with E-state index >= 15 is 0 Å². The Balaban J connectivity index is 1.51. The van der Waals surface area contributed by atoms with Crippen LogP contribution < -0.4 is 4.72 Å². The third-order valence-electron chi connectivity index (χ3n) is 4.18. The van der Waals surface area contributed by atoms with E-state index in [1.54, 1.807) is 19.1 Å². The molecule has 11 heteroatoms. The number of sulfonamides is 1.